The van der Waals surface area contributed by atoms with Crippen LogP contribution in [0.5, 0.6) is 0 Å². The third-order valence-corrected chi connectivity index (χ3v) is 18.1. The molecule has 5 heterocycles. The molecule has 11 aromatic rings. The number of fused-ring (bicyclic) bond motifs is 13. The quantitative estimate of drug-likeness (QED) is 0.153. The van der Waals surface area contributed by atoms with Crippen molar-refractivity contribution in [3.05, 3.63) is 208 Å². The predicted molar refractivity (Wildman–Crippen MR) is 316 cm³/mol. The Balaban J connectivity index is 1.19. The molecule has 0 saturated carbocycles. The van der Waals surface area contributed by atoms with Gasteiger partial charge in [-0.05, 0) is 134 Å². The molecule has 0 bridgehead atoms. The molecular formula is C71H63BN2. The first-order chi connectivity index (χ1) is 35.3. The zero-order valence-electron chi connectivity index (χ0n) is 45.1. The summed E-state index contributed by atoms with van der Waals surface area (Å²) in [7, 11) is 0. The highest BCUT2D eigenvalue weighted by Gasteiger charge is 2.55. The van der Waals surface area contributed by atoms with Crippen LogP contribution in [-0.4, -0.2) is 15.8 Å². The molecule has 0 N–H and O–H groups in total. The fourth-order valence-corrected chi connectivity index (χ4v) is 14.4. The van der Waals surface area contributed by atoms with Gasteiger partial charge in [-0.3, -0.25) is 0 Å². The van der Waals surface area contributed by atoms with Crippen LogP contribution in [0.25, 0.3) is 88.4 Å². The lowest BCUT2D eigenvalue weighted by Crippen LogP contribution is -2.60. The average Bonchev–Trinajstić information content (AvgIpc) is 4.21. The van der Waals surface area contributed by atoms with Gasteiger partial charge in [0.05, 0.1) is 22.1 Å². The zero-order valence-corrected chi connectivity index (χ0v) is 45.1. The molecule has 0 amide bonds. The monoisotopic (exact) mass is 955 g/mol. The summed E-state index contributed by atoms with van der Waals surface area (Å²) in [5, 5.41) is 6.64. The van der Waals surface area contributed by atoms with Gasteiger partial charge in [0.25, 0.3) is 6.71 Å². The summed E-state index contributed by atoms with van der Waals surface area (Å²) in [5.74, 6) is 0. The Kier molecular flexibility index (Phi) is 8.39. The van der Waals surface area contributed by atoms with Crippen molar-refractivity contribution in [2.45, 2.75) is 110 Å². The smallest absolute Gasteiger partial charge is 0.252 e. The van der Waals surface area contributed by atoms with E-state index in [1.54, 1.807) is 0 Å². The molecule has 360 valence electrons. The Labute approximate surface area is 436 Å². The minimum Gasteiger partial charge on any atom is -0.310 e. The Morgan fingerprint density at radius 2 is 0.919 bits per heavy atom. The van der Waals surface area contributed by atoms with Crippen molar-refractivity contribution in [3.8, 4) is 44.9 Å². The maximum Gasteiger partial charge on any atom is 0.252 e. The second-order valence-corrected chi connectivity index (χ2v) is 26.5. The molecule has 9 aromatic carbocycles. The third kappa shape index (κ3) is 5.48. The molecule has 0 saturated heterocycles. The molecule has 0 atom stereocenters. The number of nitrogens with zero attached hydrogens (tertiary/aromatic N) is 2. The van der Waals surface area contributed by atoms with Crippen LogP contribution in [-0.2, 0) is 27.1 Å². The fraction of sp³-hybridized carbons (Fsp3) is 0.239. The minimum absolute atomic E-state index is 0.0195. The van der Waals surface area contributed by atoms with Crippen molar-refractivity contribution >= 4 is 66.6 Å². The number of benzene rings is 9. The second kappa shape index (κ2) is 14.1. The summed E-state index contributed by atoms with van der Waals surface area (Å²) in [4.78, 5) is 0. The first kappa shape index (κ1) is 44.2. The fourth-order valence-electron chi connectivity index (χ4n) is 14.4. The van der Waals surface area contributed by atoms with Crippen LogP contribution >= 0.6 is 0 Å². The predicted octanol–water partition coefficient (Wildman–Crippen LogP) is 16.2. The topological polar surface area (TPSA) is 9.86 Å². The molecule has 3 aliphatic heterocycles. The van der Waals surface area contributed by atoms with E-state index in [1.807, 2.05) is 0 Å². The van der Waals surface area contributed by atoms with E-state index >= 15 is 0 Å². The molecule has 3 heteroatoms. The van der Waals surface area contributed by atoms with E-state index in [9.17, 15) is 0 Å². The van der Waals surface area contributed by atoms with Crippen LogP contribution in [0.15, 0.2) is 164 Å². The van der Waals surface area contributed by atoms with E-state index in [4.69, 9.17) is 0 Å². The molecule has 74 heavy (non-hydrogen) atoms. The van der Waals surface area contributed by atoms with Gasteiger partial charge in [-0.2, -0.15) is 0 Å². The zero-order chi connectivity index (χ0) is 50.9. The molecule has 1 aliphatic carbocycles. The number of hydrogen-bond donors (Lipinski definition) is 0. The van der Waals surface area contributed by atoms with Gasteiger partial charge in [-0.15, -0.1) is 0 Å². The second-order valence-electron chi connectivity index (χ2n) is 26.5. The highest BCUT2D eigenvalue weighted by atomic mass is 15.1. The van der Waals surface area contributed by atoms with Crippen LogP contribution in [0, 0.1) is 0 Å². The van der Waals surface area contributed by atoms with E-state index in [1.165, 1.54) is 149 Å². The molecule has 0 fully saturated rings. The molecule has 0 radical (unpaired) electrons. The summed E-state index contributed by atoms with van der Waals surface area (Å²) in [6.45, 7) is 28.3. The van der Waals surface area contributed by atoms with Crippen molar-refractivity contribution in [1.29, 1.82) is 0 Å². The van der Waals surface area contributed by atoms with Crippen LogP contribution < -0.4 is 16.4 Å². The maximum atomic E-state index is 2.78. The van der Waals surface area contributed by atoms with Crippen molar-refractivity contribution in [1.82, 2.24) is 9.13 Å². The highest BCUT2D eigenvalue weighted by Crippen LogP contribution is 2.62. The summed E-state index contributed by atoms with van der Waals surface area (Å²) in [6, 6.07) is 65.2. The molecule has 4 aliphatic rings. The number of rotatable bonds is 2. The van der Waals surface area contributed by atoms with E-state index in [-0.39, 0.29) is 28.4 Å². The van der Waals surface area contributed by atoms with Crippen LogP contribution in [0.3, 0.4) is 0 Å². The van der Waals surface area contributed by atoms with Crippen LogP contribution in [0.4, 0.5) is 0 Å². The molecule has 0 unspecified atom stereocenters. The summed E-state index contributed by atoms with van der Waals surface area (Å²) < 4.78 is 5.52. The summed E-state index contributed by atoms with van der Waals surface area (Å²) in [5.41, 5.74) is 28.9. The molecule has 2 aromatic heterocycles. The van der Waals surface area contributed by atoms with E-state index in [2.05, 4.69) is 256 Å². The van der Waals surface area contributed by atoms with Crippen molar-refractivity contribution in [2.24, 2.45) is 0 Å². The van der Waals surface area contributed by atoms with Crippen molar-refractivity contribution in [3.63, 3.8) is 0 Å². The van der Waals surface area contributed by atoms with Gasteiger partial charge in [-0.1, -0.05) is 229 Å². The van der Waals surface area contributed by atoms with Gasteiger partial charge >= 0.3 is 0 Å². The van der Waals surface area contributed by atoms with Gasteiger partial charge < -0.3 is 9.13 Å². The Bertz CT molecular complexity index is 4270. The maximum absolute atomic E-state index is 2.78. The van der Waals surface area contributed by atoms with E-state index in [0.717, 1.165) is 0 Å². The first-order valence-electron chi connectivity index (χ1n) is 27.1. The lowest BCUT2D eigenvalue weighted by Gasteiger charge is -2.44. The Morgan fingerprint density at radius 1 is 0.392 bits per heavy atom. The molecular weight excluding hydrogens is 892 g/mol. The molecule has 1 spiro atoms. The largest absolute Gasteiger partial charge is 0.310 e. The third-order valence-electron chi connectivity index (χ3n) is 18.1. The standard InChI is InChI=1S/C71H63BN2/c1-67(2,3)43-29-25-40(26-30-43)59-60-47-20-14-13-19-42(47)35-56-66(60)73(62(59)41-27-31-44(32-28-41)68(4,5)6)58-34-33-54-65-61(58)72(56)57-39-46(70(10,11)12)37-51-50-36-45(69(7,8)9)38-55(63(50)74(65)64(51)57)71(54)52-23-17-15-21-48(52)49-22-16-18-24-53(49)71/h13-39H,1-12H3. The van der Waals surface area contributed by atoms with Gasteiger partial charge in [0.15, 0.2) is 0 Å². The Morgan fingerprint density at radius 3 is 1.53 bits per heavy atom. The van der Waals surface area contributed by atoms with Gasteiger partial charge in [0.2, 0.25) is 0 Å². The van der Waals surface area contributed by atoms with Gasteiger partial charge in [0.1, 0.15) is 0 Å². The van der Waals surface area contributed by atoms with E-state index in [0.29, 0.717) is 0 Å². The summed E-state index contributed by atoms with van der Waals surface area (Å²) >= 11 is 0. The van der Waals surface area contributed by atoms with Crippen LogP contribution in [0.2, 0.25) is 0 Å². The lowest BCUT2D eigenvalue weighted by molar-refractivity contribution is 0.588. The van der Waals surface area contributed by atoms with Gasteiger partial charge in [0, 0.05) is 38.6 Å². The molecule has 2 nitrogen and oxygen atoms in total. The van der Waals surface area contributed by atoms with Crippen LogP contribution in [0.1, 0.15) is 128 Å². The SMILES string of the molecule is CC(C)(C)c1ccc(-c2c(-c3ccc(C(C)(C)C)cc3)n3c4c(cc5ccccc5c24)B2c4c-3ccc3c4-n4c5c2cc(C(C)(C)C)cc5c2cc(C(C)(C)C)cc(c24)C32c3ccccc3-c3ccccc32)cc1. The minimum atomic E-state index is -0.558. The lowest BCUT2D eigenvalue weighted by atomic mass is 9.33. The highest BCUT2D eigenvalue weighted by molar-refractivity contribution is 7.00. The average molecular weight is 955 g/mol. The van der Waals surface area contributed by atoms with Crippen molar-refractivity contribution in [2.75, 3.05) is 0 Å². The Hall–Kier alpha value is -7.36. The number of aromatic nitrogens is 2. The number of hydrogen-bond acceptors (Lipinski definition) is 0. The first-order valence-corrected chi connectivity index (χ1v) is 27.1. The molecule has 15 rings (SSSR count). The summed E-state index contributed by atoms with van der Waals surface area (Å²) in [6.07, 6.45) is 0. The van der Waals surface area contributed by atoms with Crippen molar-refractivity contribution < 1.29 is 0 Å². The van der Waals surface area contributed by atoms with Gasteiger partial charge in [-0.25, -0.2) is 0 Å². The normalized spacial score (nSPS) is 14.8. The van der Waals surface area contributed by atoms with E-state index < -0.39 is 5.41 Å².